The molecule has 4 nitrogen and oxygen atoms in total. The molecule has 0 amide bonds. The fraction of sp³-hybridized carbons (Fsp3) is 0.300. The Bertz CT molecular complexity index is 481. The summed E-state index contributed by atoms with van der Waals surface area (Å²) in [6, 6.07) is 5.10. The molecule has 0 aliphatic heterocycles. The minimum Gasteiger partial charge on any atom is -0.339 e. The topological polar surface area (TPSA) is 51.8 Å². The minimum atomic E-state index is -4.22. The van der Waals surface area contributed by atoms with Crippen molar-refractivity contribution in [1.82, 2.24) is 15.1 Å². The second-order valence-electron chi connectivity index (χ2n) is 3.34. The molecule has 0 saturated heterocycles. The van der Waals surface area contributed by atoms with E-state index in [1.165, 1.54) is 0 Å². The van der Waals surface area contributed by atoms with Crippen molar-refractivity contribution < 1.29 is 17.7 Å². The normalized spacial score (nSPS) is 11.7. The van der Waals surface area contributed by atoms with E-state index in [-0.39, 0.29) is 18.1 Å². The molecule has 90 valence electrons. The molecule has 0 N–H and O–H groups in total. The van der Waals surface area contributed by atoms with Gasteiger partial charge in [-0.3, -0.25) is 4.98 Å². The first-order valence-electron chi connectivity index (χ1n) is 4.85. The van der Waals surface area contributed by atoms with Crippen LogP contribution in [-0.4, -0.2) is 21.3 Å². The Kier molecular flexibility index (Phi) is 3.08. The summed E-state index contributed by atoms with van der Waals surface area (Å²) >= 11 is 0. The SMILES string of the molecule is FC(F)(F)CCc1nc(-c2ccccn2)no1. The highest BCUT2D eigenvalue weighted by Crippen LogP contribution is 2.22. The van der Waals surface area contributed by atoms with Crippen LogP contribution in [0, 0.1) is 0 Å². The van der Waals surface area contributed by atoms with Crippen LogP contribution < -0.4 is 0 Å². The number of hydrogen-bond acceptors (Lipinski definition) is 4. The number of hydrogen-bond donors (Lipinski definition) is 0. The Morgan fingerprint density at radius 1 is 1.24 bits per heavy atom. The molecule has 2 heterocycles. The summed E-state index contributed by atoms with van der Waals surface area (Å²) in [5, 5.41) is 3.57. The number of nitrogens with zero attached hydrogens (tertiary/aromatic N) is 3. The van der Waals surface area contributed by atoms with Crippen molar-refractivity contribution in [1.29, 1.82) is 0 Å². The van der Waals surface area contributed by atoms with Gasteiger partial charge in [-0.2, -0.15) is 18.2 Å². The standard InChI is InChI=1S/C10H8F3N3O/c11-10(12,13)5-4-8-15-9(16-17-8)7-3-1-2-6-14-7/h1-3,6H,4-5H2. The average molecular weight is 243 g/mol. The molecule has 2 aromatic rings. The van der Waals surface area contributed by atoms with Gasteiger partial charge >= 0.3 is 6.18 Å². The van der Waals surface area contributed by atoms with Crippen molar-refractivity contribution in [2.75, 3.05) is 0 Å². The van der Waals surface area contributed by atoms with Crippen LogP contribution in [0.2, 0.25) is 0 Å². The molecule has 17 heavy (non-hydrogen) atoms. The Hall–Kier alpha value is -1.92. The highest BCUT2D eigenvalue weighted by atomic mass is 19.4. The lowest BCUT2D eigenvalue weighted by molar-refractivity contribution is -0.134. The van der Waals surface area contributed by atoms with Gasteiger partial charge in [-0.1, -0.05) is 11.2 Å². The molecule has 7 heteroatoms. The minimum absolute atomic E-state index is 0.0389. The lowest BCUT2D eigenvalue weighted by atomic mass is 10.3. The van der Waals surface area contributed by atoms with E-state index in [0.29, 0.717) is 5.69 Å². The first-order valence-corrected chi connectivity index (χ1v) is 4.85. The van der Waals surface area contributed by atoms with Gasteiger partial charge in [-0.15, -0.1) is 0 Å². The van der Waals surface area contributed by atoms with Crippen molar-refractivity contribution in [2.45, 2.75) is 19.0 Å². The maximum absolute atomic E-state index is 12.0. The molecule has 0 atom stereocenters. The van der Waals surface area contributed by atoms with Crippen LogP contribution in [0.1, 0.15) is 12.3 Å². The molecular weight excluding hydrogens is 235 g/mol. The predicted molar refractivity (Wildman–Crippen MR) is 51.9 cm³/mol. The number of halogens is 3. The van der Waals surface area contributed by atoms with Crippen molar-refractivity contribution in [3.8, 4) is 11.5 Å². The van der Waals surface area contributed by atoms with Gasteiger partial charge in [0, 0.05) is 12.6 Å². The smallest absolute Gasteiger partial charge is 0.339 e. The van der Waals surface area contributed by atoms with E-state index in [9.17, 15) is 13.2 Å². The summed E-state index contributed by atoms with van der Waals surface area (Å²) in [5.74, 6) is 0.158. The molecule has 0 fully saturated rings. The monoisotopic (exact) mass is 243 g/mol. The molecule has 2 rings (SSSR count). The third-order valence-electron chi connectivity index (χ3n) is 1.98. The van der Waals surface area contributed by atoms with E-state index >= 15 is 0 Å². The number of pyridine rings is 1. The maximum atomic E-state index is 12.0. The van der Waals surface area contributed by atoms with Crippen LogP contribution in [0.25, 0.3) is 11.5 Å². The van der Waals surface area contributed by atoms with Crippen molar-refractivity contribution in [3.05, 3.63) is 30.3 Å². The van der Waals surface area contributed by atoms with Gasteiger partial charge in [0.1, 0.15) is 5.69 Å². The lowest BCUT2D eigenvalue weighted by Gasteiger charge is -2.01. The van der Waals surface area contributed by atoms with Gasteiger partial charge < -0.3 is 4.52 Å². The molecule has 0 radical (unpaired) electrons. The summed E-state index contributed by atoms with van der Waals surface area (Å²) in [6.45, 7) is 0. The van der Waals surface area contributed by atoms with Crippen molar-refractivity contribution >= 4 is 0 Å². The fourth-order valence-electron chi connectivity index (χ4n) is 1.20. The van der Waals surface area contributed by atoms with Gasteiger partial charge in [-0.05, 0) is 12.1 Å². The zero-order valence-electron chi connectivity index (χ0n) is 8.61. The first kappa shape index (κ1) is 11.6. The van der Waals surface area contributed by atoms with Crippen LogP contribution in [-0.2, 0) is 6.42 Å². The van der Waals surface area contributed by atoms with Crippen LogP contribution in [0.3, 0.4) is 0 Å². The van der Waals surface area contributed by atoms with Crippen LogP contribution in [0.4, 0.5) is 13.2 Å². The van der Waals surface area contributed by atoms with Crippen molar-refractivity contribution in [2.24, 2.45) is 0 Å². The molecule has 0 aliphatic rings. The van der Waals surface area contributed by atoms with Crippen LogP contribution in [0.5, 0.6) is 0 Å². The summed E-state index contributed by atoms with van der Waals surface area (Å²) in [6.07, 6.45) is -3.97. The number of alkyl halides is 3. The van der Waals surface area contributed by atoms with Crippen LogP contribution >= 0.6 is 0 Å². The zero-order chi connectivity index (χ0) is 12.3. The third-order valence-corrected chi connectivity index (χ3v) is 1.98. The first-order chi connectivity index (χ1) is 8.04. The predicted octanol–water partition coefficient (Wildman–Crippen LogP) is 2.63. The molecule has 0 unspecified atom stereocenters. The highest BCUT2D eigenvalue weighted by molar-refractivity contribution is 5.46. The number of rotatable bonds is 3. The highest BCUT2D eigenvalue weighted by Gasteiger charge is 2.27. The molecule has 0 aliphatic carbocycles. The second kappa shape index (κ2) is 4.52. The molecule has 0 aromatic carbocycles. The Morgan fingerprint density at radius 2 is 2.06 bits per heavy atom. The summed E-state index contributed by atoms with van der Waals surface area (Å²) in [5.41, 5.74) is 0.467. The molecule has 0 bridgehead atoms. The molecule has 0 spiro atoms. The number of aryl methyl sites for hydroxylation is 1. The fourth-order valence-corrected chi connectivity index (χ4v) is 1.20. The summed E-state index contributed by atoms with van der Waals surface area (Å²) in [7, 11) is 0. The Labute approximate surface area is 94.5 Å². The van der Waals surface area contributed by atoms with E-state index < -0.39 is 12.6 Å². The lowest BCUT2D eigenvalue weighted by Crippen LogP contribution is -2.08. The van der Waals surface area contributed by atoms with Gasteiger partial charge in [0.2, 0.25) is 11.7 Å². The maximum Gasteiger partial charge on any atom is 0.389 e. The average Bonchev–Trinajstić information content (AvgIpc) is 2.75. The molecule has 0 saturated carbocycles. The quantitative estimate of drug-likeness (QED) is 0.831. The second-order valence-corrected chi connectivity index (χ2v) is 3.34. The summed E-state index contributed by atoms with van der Waals surface area (Å²) in [4.78, 5) is 7.81. The van der Waals surface area contributed by atoms with Gasteiger partial charge in [0.25, 0.3) is 0 Å². The van der Waals surface area contributed by atoms with Gasteiger partial charge in [-0.25, -0.2) is 0 Å². The largest absolute Gasteiger partial charge is 0.389 e. The van der Waals surface area contributed by atoms with Gasteiger partial charge in [0.15, 0.2) is 0 Å². The van der Waals surface area contributed by atoms with Gasteiger partial charge in [0.05, 0.1) is 6.42 Å². The summed E-state index contributed by atoms with van der Waals surface area (Å²) < 4.78 is 40.6. The van der Waals surface area contributed by atoms with Crippen molar-refractivity contribution in [3.63, 3.8) is 0 Å². The van der Waals surface area contributed by atoms with E-state index in [0.717, 1.165) is 0 Å². The third kappa shape index (κ3) is 3.27. The Morgan fingerprint density at radius 3 is 2.71 bits per heavy atom. The zero-order valence-corrected chi connectivity index (χ0v) is 8.61. The van der Waals surface area contributed by atoms with E-state index in [4.69, 9.17) is 4.52 Å². The Balaban J connectivity index is 2.07. The van der Waals surface area contributed by atoms with E-state index in [2.05, 4.69) is 15.1 Å². The molecule has 2 aromatic heterocycles. The molecular formula is C10H8F3N3O. The number of aromatic nitrogens is 3. The van der Waals surface area contributed by atoms with Crippen LogP contribution in [0.15, 0.2) is 28.9 Å². The van der Waals surface area contributed by atoms with E-state index in [1.54, 1.807) is 24.4 Å². The van der Waals surface area contributed by atoms with E-state index in [1.807, 2.05) is 0 Å².